The molecule has 0 amide bonds. The van der Waals surface area contributed by atoms with E-state index in [1.165, 1.54) is 24.6 Å². The van der Waals surface area contributed by atoms with Crippen molar-refractivity contribution in [2.45, 2.75) is 38.8 Å². The average Bonchev–Trinajstić information content (AvgIpc) is 2.45. The quantitative estimate of drug-likeness (QED) is 0.617. The topological polar surface area (TPSA) is 36.4 Å². The second-order valence-corrected chi connectivity index (χ2v) is 5.90. The monoisotopic (exact) mass is 329 g/mol. The van der Waals surface area contributed by atoms with Crippen LogP contribution in [0.4, 0.5) is 18.9 Å². The Labute approximate surface area is 133 Å². The molecule has 120 valence electrons. The summed E-state index contributed by atoms with van der Waals surface area (Å²) in [6, 6.07) is 5.22. The number of hydrogen-bond donors (Lipinski definition) is 2. The molecular formula is C15H18F3N3S. The lowest BCUT2D eigenvalue weighted by atomic mass is 9.89. The Morgan fingerprint density at radius 3 is 2.73 bits per heavy atom. The van der Waals surface area contributed by atoms with Gasteiger partial charge in [0.2, 0.25) is 0 Å². The number of nitrogens with one attached hydrogen (secondary N) is 2. The Hall–Kier alpha value is -1.63. The zero-order valence-corrected chi connectivity index (χ0v) is 13.0. The smallest absolute Gasteiger partial charge is 0.331 e. The molecule has 3 nitrogen and oxygen atoms in total. The van der Waals surface area contributed by atoms with E-state index < -0.39 is 11.7 Å². The van der Waals surface area contributed by atoms with Gasteiger partial charge in [0.15, 0.2) is 5.11 Å². The van der Waals surface area contributed by atoms with E-state index in [0.29, 0.717) is 5.92 Å². The molecule has 1 fully saturated rings. The van der Waals surface area contributed by atoms with Crippen molar-refractivity contribution in [1.29, 1.82) is 0 Å². The molecule has 1 aromatic rings. The van der Waals surface area contributed by atoms with Crippen LogP contribution >= 0.6 is 12.2 Å². The van der Waals surface area contributed by atoms with Gasteiger partial charge >= 0.3 is 6.18 Å². The summed E-state index contributed by atoms with van der Waals surface area (Å²) in [5, 5.41) is 6.82. The van der Waals surface area contributed by atoms with Crippen LogP contribution in [0.5, 0.6) is 0 Å². The number of nitrogens with zero attached hydrogens (tertiary/aromatic N) is 1. The van der Waals surface area contributed by atoms with E-state index in [1.54, 1.807) is 0 Å². The second kappa shape index (κ2) is 7.09. The lowest BCUT2D eigenvalue weighted by molar-refractivity contribution is -0.136. The van der Waals surface area contributed by atoms with E-state index in [4.69, 9.17) is 12.2 Å². The SMILES string of the molecule is C[C@H]1CCC/C(=N/NC(=S)Nc2ccccc2C(F)(F)F)C1. The number of para-hydroxylation sites is 1. The normalized spacial score (nSPS) is 20.7. The highest BCUT2D eigenvalue weighted by Crippen LogP contribution is 2.34. The van der Waals surface area contributed by atoms with Crippen molar-refractivity contribution in [2.24, 2.45) is 11.0 Å². The fourth-order valence-electron chi connectivity index (χ4n) is 2.48. The molecular weight excluding hydrogens is 311 g/mol. The fourth-order valence-corrected chi connectivity index (χ4v) is 2.64. The molecule has 1 aromatic carbocycles. The molecule has 0 saturated heterocycles. The van der Waals surface area contributed by atoms with Crippen LogP contribution in [0.25, 0.3) is 0 Å². The third-order valence-electron chi connectivity index (χ3n) is 3.54. The molecule has 22 heavy (non-hydrogen) atoms. The molecule has 1 saturated carbocycles. The highest BCUT2D eigenvalue weighted by Gasteiger charge is 2.33. The fraction of sp³-hybridized carbons (Fsp3) is 0.467. The molecule has 7 heteroatoms. The van der Waals surface area contributed by atoms with Gasteiger partial charge < -0.3 is 5.32 Å². The first kappa shape index (κ1) is 16.7. The van der Waals surface area contributed by atoms with E-state index in [2.05, 4.69) is 22.8 Å². The van der Waals surface area contributed by atoms with Crippen molar-refractivity contribution >= 4 is 28.7 Å². The van der Waals surface area contributed by atoms with Crippen LogP contribution in [0, 0.1) is 5.92 Å². The highest BCUT2D eigenvalue weighted by molar-refractivity contribution is 7.80. The number of alkyl halides is 3. The summed E-state index contributed by atoms with van der Waals surface area (Å²) >= 11 is 5.02. The molecule has 0 bridgehead atoms. The van der Waals surface area contributed by atoms with Crippen LogP contribution in [-0.2, 0) is 6.18 Å². The van der Waals surface area contributed by atoms with Crippen LogP contribution in [0.15, 0.2) is 29.4 Å². The van der Waals surface area contributed by atoms with Crippen molar-refractivity contribution in [1.82, 2.24) is 5.43 Å². The number of thiocarbonyl (C=S) groups is 1. The van der Waals surface area contributed by atoms with Gasteiger partial charge in [-0.25, -0.2) is 0 Å². The molecule has 0 aromatic heterocycles. The Kier molecular flexibility index (Phi) is 5.39. The minimum atomic E-state index is -4.43. The van der Waals surface area contributed by atoms with E-state index in [1.807, 2.05) is 0 Å². The summed E-state index contributed by atoms with van der Waals surface area (Å²) in [6.45, 7) is 2.16. The van der Waals surface area contributed by atoms with E-state index in [-0.39, 0.29) is 10.8 Å². The number of hydrogen-bond acceptors (Lipinski definition) is 2. The van der Waals surface area contributed by atoms with Gasteiger partial charge in [0.1, 0.15) is 0 Å². The van der Waals surface area contributed by atoms with Gasteiger partial charge in [0.25, 0.3) is 0 Å². The molecule has 0 heterocycles. The molecule has 2 rings (SSSR count). The molecule has 2 N–H and O–H groups in total. The largest absolute Gasteiger partial charge is 0.418 e. The highest BCUT2D eigenvalue weighted by atomic mass is 32.1. The molecule has 1 atom stereocenters. The van der Waals surface area contributed by atoms with Crippen LogP contribution < -0.4 is 10.7 Å². The van der Waals surface area contributed by atoms with E-state index in [9.17, 15) is 13.2 Å². The number of benzene rings is 1. The first-order valence-corrected chi connectivity index (χ1v) is 7.55. The Morgan fingerprint density at radius 1 is 1.32 bits per heavy atom. The van der Waals surface area contributed by atoms with Crippen molar-refractivity contribution in [3.05, 3.63) is 29.8 Å². The molecule has 0 aliphatic heterocycles. The van der Waals surface area contributed by atoms with E-state index in [0.717, 1.165) is 31.0 Å². The van der Waals surface area contributed by atoms with Crippen molar-refractivity contribution in [3.8, 4) is 0 Å². The van der Waals surface area contributed by atoms with Gasteiger partial charge in [-0.3, -0.25) is 5.43 Å². The van der Waals surface area contributed by atoms with Gasteiger partial charge in [-0.1, -0.05) is 19.1 Å². The maximum atomic E-state index is 12.9. The summed E-state index contributed by atoms with van der Waals surface area (Å²) in [7, 11) is 0. The van der Waals surface area contributed by atoms with Crippen LogP contribution in [-0.4, -0.2) is 10.8 Å². The maximum Gasteiger partial charge on any atom is 0.418 e. The number of rotatable bonds is 2. The molecule has 1 aliphatic rings. The van der Waals surface area contributed by atoms with Gasteiger partial charge in [0, 0.05) is 5.71 Å². The number of halogens is 3. The number of anilines is 1. The summed E-state index contributed by atoms with van der Waals surface area (Å²) in [5.41, 5.74) is 2.82. The first-order valence-electron chi connectivity index (χ1n) is 7.15. The van der Waals surface area contributed by atoms with Gasteiger partial charge in [-0.05, 0) is 56.0 Å². The van der Waals surface area contributed by atoms with Gasteiger partial charge in [0.05, 0.1) is 11.3 Å². The first-order chi connectivity index (χ1) is 10.4. The Bertz CT molecular complexity index is 569. The van der Waals surface area contributed by atoms with Crippen LogP contribution in [0.3, 0.4) is 0 Å². The third-order valence-corrected chi connectivity index (χ3v) is 3.74. The van der Waals surface area contributed by atoms with E-state index >= 15 is 0 Å². The molecule has 0 radical (unpaired) electrons. The lowest BCUT2D eigenvalue weighted by Gasteiger charge is -2.19. The van der Waals surface area contributed by atoms with Crippen molar-refractivity contribution < 1.29 is 13.2 Å². The Balaban J connectivity index is 1.99. The average molecular weight is 329 g/mol. The summed E-state index contributed by atoms with van der Waals surface area (Å²) in [6.07, 6.45) is -0.364. The minimum Gasteiger partial charge on any atom is -0.331 e. The summed E-state index contributed by atoms with van der Waals surface area (Å²) in [5.74, 6) is 0.585. The third kappa shape index (κ3) is 4.69. The minimum absolute atomic E-state index is 0.0578. The lowest BCUT2D eigenvalue weighted by Crippen LogP contribution is -2.27. The van der Waals surface area contributed by atoms with Gasteiger partial charge in [-0.2, -0.15) is 18.3 Å². The van der Waals surface area contributed by atoms with Crippen molar-refractivity contribution in [2.75, 3.05) is 5.32 Å². The second-order valence-electron chi connectivity index (χ2n) is 5.49. The standard InChI is InChI=1S/C15H18F3N3S/c1-10-5-4-6-11(9-10)20-21-14(22)19-13-8-3-2-7-12(13)15(16,17)18/h2-3,7-8,10H,4-6,9H2,1H3,(H2,19,21,22)/b20-11-/t10-/m0/s1. The zero-order chi connectivity index (χ0) is 16.2. The van der Waals surface area contributed by atoms with Gasteiger partial charge in [-0.15, -0.1) is 0 Å². The van der Waals surface area contributed by atoms with Crippen LogP contribution in [0.1, 0.15) is 38.2 Å². The summed E-state index contributed by atoms with van der Waals surface area (Å²) < 4.78 is 38.7. The van der Waals surface area contributed by atoms with Crippen molar-refractivity contribution in [3.63, 3.8) is 0 Å². The number of hydrazone groups is 1. The summed E-state index contributed by atoms with van der Waals surface area (Å²) in [4.78, 5) is 0. The molecule has 1 aliphatic carbocycles. The predicted molar refractivity (Wildman–Crippen MR) is 85.9 cm³/mol. The maximum absolute atomic E-state index is 12.9. The Morgan fingerprint density at radius 2 is 2.05 bits per heavy atom. The molecule has 0 unspecified atom stereocenters. The predicted octanol–water partition coefficient (Wildman–Crippen LogP) is 4.56. The van der Waals surface area contributed by atoms with Crippen LogP contribution in [0.2, 0.25) is 0 Å². The molecule has 0 spiro atoms. The zero-order valence-electron chi connectivity index (χ0n) is 12.2.